The monoisotopic (exact) mass is 316 g/mol. The average molecular weight is 316 g/mol. The lowest BCUT2D eigenvalue weighted by Crippen LogP contribution is -2.14. The Morgan fingerprint density at radius 3 is 2.76 bits per heavy atom. The van der Waals surface area contributed by atoms with Crippen molar-refractivity contribution in [1.29, 1.82) is 0 Å². The quantitative estimate of drug-likeness (QED) is 0.720. The summed E-state index contributed by atoms with van der Waals surface area (Å²) in [7, 11) is 1.67. The van der Waals surface area contributed by atoms with Crippen molar-refractivity contribution in [2.75, 3.05) is 12.9 Å². The maximum Gasteiger partial charge on any atom is 0.151 e. The van der Waals surface area contributed by atoms with Crippen molar-refractivity contribution in [1.82, 2.24) is 4.98 Å². The molecule has 2 N–H and O–H groups in total. The van der Waals surface area contributed by atoms with E-state index in [1.807, 2.05) is 42.5 Å². The number of rotatable bonds is 5. The van der Waals surface area contributed by atoms with E-state index in [1.165, 1.54) is 4.70 Å². The van der Waals surface area contributed by atoms with E-state index in [1.54, 1.807) is 30.2 Å². The van der Waals surface area contributed by atoms with Crippen LogP contribution in [0.5, 0.6) is 5.75 Å². The molecular formula is C16H16N2OS2. The zero-order valence-electron chi connectivity index (χ0n) is 11.7. The summed E-state index contributed by atoms with van der Waals surface area (Å²) >= 11 is 3.40. The predicted octanol–water partition coefficient (Wildman–Crippen LogP) is 4.10. The van der Waals surface area contributed by atoms with Gasteiger partial charge in [0.1, 0.15) is 5.75 Å². The van der Waals surface area contributed by atoms with Crippen molar-refractivity contribution >= 4 is 33.3 Å². The fourth-order valence-electron chi connectivity index (χ4n) is 2.14. The highest BCUT2D eigenvalue weighted by Gasteiger charge is 2.13. The van der Waals surface area contributed by atoms with E-state index in [2.05, 4.69) is 11.1 Å². The van der Waals surface area contributed by atoms with Crippen molar-refractivity contribution in [3.63, 3.8) is 0 Å². The molecule has 0 amide bonds. The van der Waals surface area contributed by atoms with E-state index in [9.17, 15) is 0 Å². The number of nitrogens with two attached hydrogens (primary N) is 1. The molecule has 3 rings (SSSR count). The molecule has 5 heteroatoms. The van der Waals surface area contributed by atoms with Crippen LogP contribution in [-0.2, 0) is 0 Å². The minimum atomic E-state index is -0.0711. The Labute approximate surface area is 132 Å². The van der Waals surface area contributed by atoms with Crippen LogP contribution in [0.15, 0.2) is 52.9 Å². The van der Waals surface area contributed by atoms with Gasteiger partial charge in [0, 0.05) is 17.4 Å². The Hall–Kier alpha value is -1.56. The average Bonchev–Trinajstić information content (AvgIpc) is 2.95. The number of benzene rings is 2. The Bertz CT molecular complexity index is 709. The summed E-state index contributed by atoms with van der Waals surface area (Å²) in [5.41, 5.74) is 8.38. The van der Waals surface area contributed by atoms with Gasteiger partial charge < -0.3 is 10.5 Å². The van der Waals surface area contributed by atoms with Gasteiger partial charge in [0.05, 0.1) is 17.3 Å². The first-order valence-electron chi connectivity index (χ1n) is 6.65. The first kappa shape index (κ1) is 14.4. The Morgan fingerprint density at radius 1 is 1.19 bits per heavy atom. The second kappa shape index (κ2) is 6.47. The van der Waals surface area contributed by atoms with Crippen LogP contribution < -0.4 is 10.5 Å². The van der Waals surface area contributed by atoms with Crippen molar-refractivity contribution in [2.45, 2.75) is 10.4 Å². The van der Waals surface area contributed by atoms with Gasteiger partial charge in [-0.25, -0.2) is 4.98 Å². The predicted molar refractivity (Wildman–Crippen MR) is 90.3 cm³/mol. The van der Waals surface area contributed by atoms with Crippen LogP contribution in [0.25, 0.3) is 10.2 Å². The third-order valence-corrected chi connectivity index (χ3v) is 5.50. The number of ether oxygens (including phenoxy) is 1. The third-order valence-electron chi connectivity index (χ3n) is 3.20. The molecule has 21 heavy (non-hydrogen) atoms. The van der Waals surface area contributed by atoms with Gasteiger partial charge in [0.15, 0.2) is 4.34 Å². The second-order valence-corrected chi connectivity index (χ2v) is 6.90. The van der Waals surface area contributed by atoms with E-state index >= 15 is 0 Å². The first-order valence-corrected chi connectivity index (χ1v) is 8.45. The molecular weight excluding hydrogens is 300 g/mol. The van der Waals surface area contributed by atoms with Crippen LogP contribution in [0, 0.1) is 0 Å². The van der Waals surface area contributed by atoms with Gasteiger partial charge in [-0.1, -0.05) is 42.1 Å². The van der Waals surface area contributed by atoms with Gasteiger partial charge in [0.25, 0.3) is 0 Å². The number of methoxy groups -OCH3 is 1. The van der Waals surface area contributed by atoms with E-state index in [4.69, 9.17) is 10.5 Å². The second-order valence-electron chi connectivity index (χ2n) is 4.61. The van der Waals surface area contributed by atoms with Crippen LogP contribution >= 0.6 is 23.1 Å². The standard InChI is InChI=1S/C16H16N2OS2/c1-19-14-8-4-2-6-11(14)12(17)10-20-16-18-13-7-3-5-9-15(13)21-16/h2-9,12H,10,17H2,1H3. The van der Waals surface area contributed by atoms with Crippen molar-refractivity contribution in [2.24, 2.45) is 5.73 Å². The Balaban J connectivity index is 1.72. The topological polar surface area (TPSA) is 48.1 Å². The largest absolute Gasteiger partial charge is 0.496 e. The normalized spacial score (nSPS) is 12.5. The molecule has 0 saturated heterocycles. The number of thiazole rings is 1. The molecule has 0 fully saturated rings. The highest BCUT2D eigenvalue weighted by molar-refractivity contribution is 8.01. The van der Waals surface area contributed by atoms with Crippen LogP contribution in [0.2, 0.25) is 0 Å². The summed E-state index contributed by atoms with van der Waals surface area (Å²) in [5, 5.41) is 0. The number of fused-ring (bicyclic) bond motifs is 1. The molecule has 1 unspecified atom stereocenters. The van der Waals surface area contributed by atoms with Crippen molar-refractivity contribution < 1.29 is 4.74 Å². The molecule has 1 aromatic heterocycles. The summed E-state index contributed by atoms with van der Waals surface area (Å²) in [6, 6.07) is 16.0. The van der Waals surface area contributed by atoms with Gasteiger partial charge in [-0.2, -0.15) is 0 Å². The minimum absolute atomic E-state index is 0.0711. The maximum absolute atomic E-state index is 6.29. The van der Waals surface area contributed by atoms with Crippen LogP contribution in [-0.4, -0.2) is 17.8 Å². The Kier molecular flexibility index (Phi) is 4.43. The summed E-state index contributed by atoms with van der Waals surface area (Å²) in [5.74, 6) is 1.62. The molecule has 0 bridgehead atoms. The minimum Gasteiger partial charge on any atom is -0.496 e. The molecule has 108 valence electrons. The molecule has 0 aliphatic rings. The summed E-state index contributed by atoms with van der Waals surface area (Å²) in [4.78, 5) is 4.62. The molecule has 0 spiro atoms. The van der Waals surface area contributed by atoms with Gasteiger partial charge >= 0.3 is 0 Å². The molecule has 0 radical (unpaired) electrons. The molecule has 0 saturated carbocycles. The number of aromatic nitrogens is 1. The molecule has 1 heterocycles. The maximum atomic E-state index is 6.29. The van der Waals surface area contributed by atoms with Gasteiger partial charge in [-0.05, 0) is 18.2 Å². The van der Waals surface area contributed by atoms with Crippen LogP contribution in [0.1, 0.15) is 11.6 Å². The number of para-hydroxylation sites is 2. The number of hydrogen-bond donors (Lipinski definition) is 1. The fourth-order valence-corrected chi connectivity index (χ4v) is 4.21. The van der Waals surface area contributed by atoms with E-state index in [0.29, 0.717) is 0 Å². The summed E-state index contributed by atoms with van der Waals surface area (Å²) in [6.45, 7) is 0. The smallest absolute Gasteiger partial charge is 0.151 e. The third kappa shape index (κ3) is 3.20. The van der Waals surface area contributed by atoms with Gasteiger partial charge in [-0.3, -0.25) is 0 Å². The molecule has 0 aliphatic heterocycles. The lowest BCUT2D eigenvalue weighted by atomic mass is 10.1. The molecule has 3 aromatic rings. The number of thioether (sulfide) groups is 1. The molecule has 2 aromatic carbocycles. The van der Waals surface area contributed by atoms with E-state index in [-0.39, 0.29) is 6.04 Å². The number of nitrogens with zero attached hydrogens (tertiary/aromatic N) is 1. The fraction of sp³-hybridized carbons (Fsp3) is 0.188. The molecule has 1 atom stereocenters. The summed E-state index contributed by atoms with van der Waals surface area (Å²) in [6.07, 6.45) is 0. The van der Waals surface area contributed by atoms with Gasteiger partial charge in [0.2, 0.25) is 0 Å². The highest BCUT2D eigenvalue weighted by Crippen LogP contribution is 2.32. The Morgan fingerprint density at radius 2 is 1.95 bits per heavy atom. The van der Waals surface area contributed by atoms with Crippen LogP contribution in [0.3, 0.4) is 0 Å². The lowest BCUT2D eigenvalue weighted by molar-refractivity contribution is 0.407. The zero-order valence-corrected chi connectivity index (χ0v) is 13.3. The lowest BCUT2D eigenvalue weighted by Gasteiger charge is -2.14. The SMILES string of the molecule is COc1ccccc1C(N)CSc1nc2ccccc2s1. The zero-order chi connectivity index (χ0) is 14.7. The first-order chi connectivity index (χ1) is 10.3. The van der Waals surface area contributed by atoms with Crippen molar-refractivity contribution in [3.05, 3.63) is 54.1 Å². The summed E-state index contributed by atoms with van der Waals surface area (Å²) < 4.78 is 7.63. The number of hydrogen-bond acceptors (Lipinski definition) is 5. The van der Waals surface area contributed by atoms with E-state index < -0.39 is 0 Å². The molecule has 3 nitrogen and oxygen atoms in total. The van der Waals surface area contributed by atoms with Crippen molar-refractivity contribution in [3.8, 4) is 5.75 Å². The molecule has 0 aliphatic carbocycles. The van der Waals surface area contributed by atoms with E-state index in [0.717, 1.165) is 26.9 Å². The van der Waals surface area contributed by atoms with Gasteiger partial charge in [-0.15, -0.1) is 11.3 Å². The highest BCUT2D eigenvalue weighted by atomic mass is 32.2. The van der Waals surface area contributed by atoms with Crippen LogP contribution in [0.4, 0.5) is 0 Å².